The molecule has 3 rings (SSSR count). The van der Waals surface area contributed by atoms with Crippen LogP contribution in [0.25, 0.3) is 10.9 Å². The molecule has 0 radical (unpaired) electrons. The molecule has 1 aromatic carbocycles. The van der Waals surface area contributed by atoms with E-state index in [1.54, 1.807) is 11.5 Å². The first kappa shape index (κ1) is 19.5. The highest BCUT2D eigenvalue weighted by Crippen LogP contribution is 2.42. The molecule has 2 aromatic rings. The van der Waals surface area contributed by atoms with Gasteiger partial charge in [-0.05, 0) is 25.8 Å². The average Bonchev–Trinajstić information content (AvgIpc) is 3.36. The van der Waals surface area contributed by atoms with E-state index in [1.807, 2.05) is 0 Å². The Kier molecular flexibility index (Phi) is 5.61. The van der Waals surface area contributed by atoms with Gasteiger partial charge in [-0.2, -0.15) is 0 Å². The van der Waals surface area contributed by atoms with Crippen LogP contribution in [0, 0.1) is 5.82 Å². The minimum Gasteiger partial charge on any atom is -0.485 e. The summed E-state index contributed by atoms with van der Waals surface area (Å²) in [6.45, 7) is 1.84. The number of rotatable bonds is 5. The summed E-state index contributed by atoms with van der Waals surface area (Å²) >= 11 is 6.32. The normalized spacial score (nSPS) is 14.9. The zero-order valence-corrected chi connectivity index (χ0v) is 14.9. The third-order valence-electron chi connectivity index (χ3n) is 3.99. The van der Waals surface area contributed by atoms with E-state index in [9.17, 15) is 19.1 Å². The van der Waals surface area contributed by atoms with Crippen LogP contribution >= 0.6 is 24.0 Å². The molecule has 1 aliphatic carbocycles. The minimum absolute atomic E-state index is 0. The number of fused-ring (bicyclic) bond motifs is 1. The number of carboxylic acid groups (broad SMARTS) is 1. The molecule has 0 saturated heterocycles. The van der Waals surface area contributed by atoms with Gasteiger partial charge in [-0.15, -0.1) is 12.4 Å². The number of hydrogen-bond acceptors (Lipinski definition) is 4. The fraction of sp³-hybridized carbons (Fsp3) is 0.375. The van der Waals surface area contributed by atoms with Crippen molar-refractivity contribution in [2.24, 2.45) is 5.73 Å². The van der Waals surface area contributed by atoms with Gasteiger partial charge in [0.1, 0.15) is 16.7 Å². The van der Waals surface area contributed by atoms with Crippen molar-refractivity contribution in [3.05, 3.63) is 38.9 Å². The fourth-order valence-corrected chi connectivity index (χ4v) is 2.91. The molecule has 6 nitrogen and oxygen atoms in total. The zero-order valence-electron chi connectivity index (χ0n) is 13.3. The van der Waals surface area contributed by atoms with Gasteiger partial charge in [0.15, 0.2) is 11.6 Å². The van der Waals surface area contributed by atoms with E-state index in [0.29, 0.717) is 0 Å². The van der Waals surface area contributed by atoms with E-state index in [4.69, 9.17) is 22.1 Å². The first-order valence-electron chi connectivity index (χ1n) is 7.52. The quantitative estimate of drug-likeness (QED) is 0.817. The Morgan fingerprint density at radius 3 is 2.72 bits per heavy atom. The van der Waals surface area contributed by atoms with Crippen LogP contribution in [0.15, 0.2) is 17.1 Å². The van der Waals surface area contributed by atoms with Crippen LogP contribution in [0.4, 0.5) is 4.39 Å². The van der Waals surface area contributed by atoms with Crippen molar-refractivity contribution in [3.8, 4) is 5.75 Å². The number of benzene rings is 1. The summed E-state index contributed by atoms with van der Waals surface area (Å²) in [5.74, 6) is -2.36. The Bertz CT molecular complexity index is 896. The van der Waals surface area contributed by atoms with Gasteiger partial charge in [-0.25, -0.2) is 9.18 Å². The Hall–Kier alpha value is -1.83. The maximum atomic E-state index is 14.4. The third-order valence-corrected chi connectivity index (χ3v) is 4.34. The summed E-state index contributed by atoms with van der Waals surface area (Å²) in [5.41, 5.74) is 4.60. The molecule has 1 atom stereocenters. The summed E-state index contributed by atoms with van der Waals surface area (Å²) in [6.07, 6.45) is 2.47. The molecule has 0 amide bonds. The molecule has 0 spiro atoms. The minimum atomic E-state index is -1.36. The molecule has 136 valence electrons. The molecule has 3 N–H and O–H groups in total. The summed E-state index contributed by atoms with van der Waals surface area (Å²) in [5, 5.41) is 9.10. The lowest BCUT2D eigenvalue weighted by atomic mass is 10.1. The Balaban J connectivity index is 0.00000225. The van der Waals surface area contributed by atoms with Crippen molar-refractivity contribution in [1.29, 1.82) is 0 Å². The monoisotopic (exact) mass is 390 g/mol. The SMILES string of the molecule is CC(CN)Oc1c(F)cc2c(=O)c(C(=O)O)cn(C3CC3)c2c1Cl.Cl. The number of aromatic nitrogens is 1. The second-order valence-electron chi connectivity index (χ2n) is 5.88. The number of aromatic carboxylic acids is 1. The highest BCUT2D eigenvalue weighted by molar-refractivity contribution is 6.36. The number of pyridine rings is 1. The number of nitrogens with two attached hydrogens (primary N) is 1. The summed E-state index contributed by atoms with van der Waals surface area (Å²) in [7, 11) is 0. The van der Waals surface area contributed by atoms with Crippen molar-refractivity contribution in [2.75, 3.05) is 6.54 Å². The lowest BCUT2D eigenvalue weighted by molar-refractivity contribution is 0.0695. The van der Waals surface area contributed by atoms with Crippen molar-refractivity contribution in [3.63, 3.8) is 0 Å². The number of carbonyl (C=O) groups is 1. The Morgan fingerprint density at radius 2 is 2.20 bits per heavy atom. The smallest absolute Gasteiger partial charge is 0.341 e. The molecule has 1 heterocycles. The molecular weight excluding hydrogens is 374 g/mol. The Morgan fingerprint density at radius 1 is 1.56 bits per heavy atom. The second-order valence-corrected chi connectivity index (χ2v) is 6.26. The van der Waals surface area contributed by atoms with Crippen molar-refractivity contribution in [2.45, 2.75) is 31.9 Å². The van der Waals surface area contributed by atoms with Gasteiger partial charge in [-0.3, -0.25) is 4.79 Å². The van der Waals surface area contributed by atoms with Gasteiger partial charge < -0.3 is 20.1 Å². The Labute approximate surface area is 153 Å². The standard InChI is InChI=1S/C16H16ClFN2O4.ClH/c1-7(5-19)24-15-11(18)4-9-13(12(15)17)20(8-2-3-8)6-10(14(9)21)16(22)23;/h4,6-8H,2-3,5,19H2,1H3,(H,22,23);1H. The van der Waals surface area contributed by atoms with Crippen LogP contribution in [0.5, 0.6) is 5.75 Å². The first-order chi connectivity index (χ1) is 11.3. The van der Waals surface area contributed by atoms with E-state index >= 15 is 0 Å². The average molecular weight is 391 g/mol. The number of nitrogens with zero attached hydrogens (tertiary/aromatic N) is 1. The van der Waals surface area contributed by atoms with Crippen molar-refractivity contribution < 1.29 is 19.0 Å². The van der Waals surface area contributed by atoms with Gasteiger partial charge in [0.05, 0.1) is 10.9 Å². The molecule has 9 heteroatoms. The lowest BCUT2D eigenvalue weighted by Crippen LogP contribution is -2.24. The predicted octanol–water partition coefficient (Wildman–Crippen LogP) is 2.97. The van der Waals surface area contributed by atoms with Gasteiger partial charge in [0.25, 0.3) is 0 Å². The predicted molar refractivity (Wildman–Crippen MR) is 94.8 cm³/mol. The van der Waals surface area contributed by atoms with Gasteiger partial charge in [0, 0.05) is 18.8 Å². The van der Waals surface area contributed by atoms with E-state index in [0.717, 1.165) is 18.9 Å². The first-order valence-corrected chi connectivity index (χ1v) is 7.89. The molecule has 1 aromatic heterocycles. The number of halogens is 3. The van der Waals surface area contributed by atoms with Crippen LogP contribution in [0.2, 0.25) is 5.02 Å². The number of ether oxygens (including phenoxy) is 1. The van der Waals surface area contributed by atoms with Crippen LogP contribution in [0.3, 0.4) is 0 Å². The van der Waals surface area contributed by atoms with Crippen LogP contribution in [-0.4, -0.2) is 28.3 Å². The molecule has 1 saturated carbocycles. The topological polar surface area (TPSA) is 94.6 Å². The third kappa shape index (κ3) is 3.44. The lowest BCUT2D eigenvalue weighted by Gasteiger charge is -2.18. The van der Waals surface area contributed by atoms with Crippen LogP contribution in [0.1, 0.15) is 36.2 Å². The number of hydrogen-bond donors (Lipinski definition) is 2. The molecule has 0 bridgehead atoms. The van der Waals surface area contributed by atoms with Gasteiger partial charge >= 0.3 is 5.97 Å². The molecule has 1 aliphatic rings. The number of carboxylic acids is 1. The maximum absolute atomic E-state index is 14.4. The fourth-order valence-electron chi connectivity index (χ4n) is 2.57. The van der Waals surface area contributed by atoms with E-state index in [-0.39, 0.29) is 46.7 Å². The summed E-state index contributed by atoms with van der Waals surface area (Å²) in [6, 6.07) is 1.02. The van der Waals surface area contributed by atoms with Crippen LogP contribution < -0.4 is 15.9 Å². The maximum Gasteiger partial charge on any atom is 0.341 e. The highest BCUT2D eigenvalue weighted by Gasteiger charge is 2.29. The van der Waals surface area contributed by atoms with Crippen molar-refractivity contribution in [1.82, 2.24) is 4.57 Å². The van der Waals surface area contributed by atoms with E-state index in [2.05, 4.69) is 0 Å². The van der Waals surface area contributed by atoms with E-state index in [1.165, 1.54) is 6.20 Å². The largest absolute Gasteiger partial charge is 0.485 e. The van der Waals surface area contributed by atoms with Gasteiger partial charge in [0.2, 0.25) is 5.43 Å². The molecule has 1 unspecified atom stereocenters. The summed E-state index contributed by atoms with van der Waals surface area (Å²) in [4.78, 5) is 23.7. The highest BCUT2D eigenvalue weighted by atomic mass is 35.5. The van der Waals surface area contributed by atoms with Crippen molar-refractivity contribution >= 4 is 40.9 Å². The molecule has 1 fully saturated rings. The second kappa shape index (κ2) is 7.19. The van der Waals surface area contributed by atoms with Gasteiger partial charge in [-0.1, -0.05) is 11.6 Å². The zero-order chi connectivity index (χ0) is 17.6. The molecular formula is C16H17Cl2FN2O4. The summed E-state index contributed by atoms with van der Waals surface area (Å²) < 4.78 is 21.5. The van der Waals surface area contributed by atoms with E-state index < -0.39 is 28.9 Å². The molecule has 0 aliphatic heterocycles. The van der Waals surface area contributed by atoms with Crippen LogP contribution in [-0.2, 0) is 0 Å². The molecule has 25 heavy (non-hydrogen) atoms.